The van der Waals surface area contributed by atoms with E-state index in [1.165, 1.54) is 0 Å². The Morgan fingerprint density at radius 2 is 1.82 bits per heavy atom. The number of hydrogen-bond donors (Lipinski definition) is 3. The van der Waals surface area contributed by atoms with Crippen LogP contribution < -0.4 is 17.2 Å². The Morgan fingerprint density at radius 3 is 2.47 bits per heavy atom. The predicted octanol–water partition coefficient (Wildman–Crippen LogP) is 1.85. The summed E-state index contributed by atoms with van der Waals surface area (Å²) in [5.74, 6) is 0.436. The van der Waals surface area contributed by atoms with Gasteiger partial charge in [0.05, 0.1) is 5.69 Å². The second-order valence-electron chi connectivity index (χ2n) is 3.67. The predicted molar refractivity (Wildman–Crippen MR) is 70.5 cm³/mol. The van der Waals surface area contributed by atoms with E-state index in [2.05, 4.69) is 9.97 Å². The molecule has 0 fully saturated rings. The summed E-state index contributed by atoms with van der Waals surface area (Å²) >= 11 is 6.12. The Balaban J connectivity index is 2.72. The maximum Gasteiger partial charge on any atom is 0.222 e. The van der Waals surface area contributed by atoms with Crippen molar-refractivity contribution >= 4 is 29.1 Å². The molecule has 0 unspecified atom stereocenters. The first kappa shape index (κ1) is 11.5. The summed E-state index contributed by atoms with van der Waals surface area (Å²) in [6, 6.07) is 5.16. The zero-order valence-electron chi connectivity index (χ0n) is 9.24. The normalized spacial score (nSPS) is 10.5. The van der Waals surface area contributed by atoms with Gasteiger partial charge < -0.3 is 17.2 Å². The van der Waals surface area contributed by atoms with Crippen molar-refractivity contribution in [2.45, 2.75) is 6.92 Å². The second kappa shape index (κ2) is 4.10. The summed E-state index contributed by atoms with van der Waals surface area (Å²) in [5, 5.41) is 0.544. The average molecular weight is 250 g/mol. The third-order valence-electron chi connectivity index (χ3n) is 2.39. The van der Waals surface area contributed by atoms with Crippen LogP contribution in [0.25, 0.3) is 11.1 Å². The van der Waals surface area contributed by atoms with Gasteiger partial charge in [0.15, 0.2) is 0 Å². The van der Waals surface area contributed by atoms with E-state index in [0.717, 1.165) is 0 Å². The minimum Gasteiger partial charge on any atom is -0.399 e. The van der Waals surface area contributed by atoms with Gasteiger partial charge in [-0.2, -0.15) is 4.98 Å². The molecule has 6 heteroatoms. The standard InChI is InChI=1S/C11H12ClN5/c1-5-9(10(14)17-11(15)16-5)7-4-6(13)2-3-8(7)12/h2-4H,13H2,1H3,(H4,14,15,16,17). The van der Waals surface area contributed by atoms with Gasteiger partial charge in [-0.05, 0) is 25.1 Å². The Kier molecular flexibility index (Phi) is 2.77. The van der Waals surface area contributed by atoms with Crippen LogP contribution in [-0.2, 0) is 0 Å². The van der Waals surface area contributed by atoms with Crippen LogP contribution in [0.4, 0.5) is 17.5 Å². The molecule has 0 saturated carbocycles. The topological polar surface area (TPSA) is 104 Å². The number of nitrogen functional groups attached to an aromatic ring is 3. The molecule has 1 aromatic heterocycles. The number of benzene rings is 1. The third-order valence-corrected chi connectivity index (χ3v) is 2.72. The molecular formula is C11H12ClN5. The largest absolute Gasteiger partial charge is 0.399 e. The molecule has 0 aliphatic rings. The number of hydrogen-bond acceptors (Lipinski definition) is 5. The highest BCUT2D eigenvalue weighted by atomic mass is 35.5. The molecule has 2 rings (SSSR count). The Labute approximate surface area is 104 Å². The molecule has 1 heterocycles. The maximum atomic E-state index is 6.12. The fourth-order valence-corrected chi connectivity index (χ4v) is 1.90. The van der Waals surface area contributed by atoms with E-state index in [9.17, 15) is 0 Å². The van der Waals surface area contributed by atoms with Gasteiger partial charge in [0, 0.05) is 21.8 Å². The summed E-state index contributed by atoms with van der Waals surface area (Å²) in [4.78, 5) is 8.00. The van der Waals surface area contributed by atoms with E-state index in [1.807, 2.05) is 0 Å². The molecule has 88 valence electrons. The highest BCUT2D eigenvalue weighted by Gasteiger charge is 2.13. The molecule has 6 N–H and O–H groups in total. The van der Waals surface area contributed by atoms with Gasteiger partial charge in [-0.3, -0.25) is 0 Å². The maximum absolute atomic E-state index is 6.12. The molecule has 0 amide bonds. The van der Waals surface area contributed by atoms with Gasteiger partial charge in [-0.15, -0.1) is 0 Å². The quantitative estimate of drug-likeness (QED) is 0.669. The molecular weight excluding hydrogens is 238 g/mol. The van der Waals surface area contributed by atoms with E-state index in [-0.39, 0.29) is 5.95 Å². The van der Waals surface area contributed by atoms with E-state index < -0.39 is 0 Å². The lowest BCUT2D eigenvalue weighted by Gasteiger charge is -2.11. The number of nitrogens with two attached hydrogens (primary N) is 3. The molecule has 0 saturated heterocycles. The van der Waals surface area contributed by atoms with E-state index in [0.29, 0.717) is 33.3 Å². The van der Waals surface area contributed by atoms with Crippen molar-refractivity contribution in [2.24, 2.45) is 0 Å². The number of rotatable bonds is 1. The van der Waals surface area contributed by atoms with Crippen LogP contribution in [0, 0.1) is 6.92 Å². The molecule has 2 aromatic rings. The smallest absolute Gasteiger partial charge is 0.222 e. The third kappa shape index (κ3) is 2.09. The van der Waals surface area contributed by atoms with Crippen molar-refractivity contribution in [3.63, 3.8) is 0 Å². The molecule has 17 heavy (non-hydrogen) atoms. The highest BCUT2D eigenvalue weighted by molar-refractivity contribution is 6.33. The van der Waals surface area contributed by atoms with Crippen LogP contribution in [0.3, 0.4) is 0 Å². The summed E-state index contributed by atoms with van der Waals surface area (Å²) in [7, 11) is 0. The number of aryl methyl sites for hydroxylation is 1. The summed E-state index contributed by atoms with van der Waals surface area (Å²) in [5.41, 5.74) is 19.7. The zero-order valence-corrected chi connectivity index (χ0v) is 9.99. The summed E-state index contributed by atoms with van der Waals surface area (Å²) in [6.07, 6.45) is 0. The van der Waals surface area contributed by atoms with Crippen molar-refractivity contribution in [2.75, 3.05) is 17.2 Å². The molecule has 0 aliphatic heterocycles. The number of anilines is 3. The van der Waals surface area contributed by atoms with Gasteiger partial charge in [0.25, 0.3) is 0 Å². The molecule has 0 atom stereocenters. The minimum absolute atomic E-state index is 0.142. The molecule has 1 aromatic carbocycles. The zero-order chi connectivity index (χ0) is 12.6. The lowest BCUT2D eigenvalue weighted by atomic mass is 10.0. The van der Waals surface area contributed by atoms with Crippen molar-refractivity contribution in [1.29, 1.82) is 0 Å². The van der Waals surface area contributed by atoms with Crippen LogP contribution in [0.15, 0.2) is 18.2 Å². The Hall–Kier alpha value is -2.01. The number of nitrogens with zero attached hydrogens (tertiary/aromatic N) is 2. The Morgan fingerprint density at radius 1 is 1.12 bits per heavy atom. The number of halogens is 1. The fraction of sp³-hybridized carbons (Fsp3) is 0.0909. The summed E-state index contributed by atoms with van der Waals surface area (Å²) < 4.78 is 0. The fourth-order valence-electron chi connectivity index (χ4n) is 1.68. The van der Waals surface area contributed by atoms with E-state index >= 15 is 0 Å². The van der Waals surface area contributed by atoms with Crippen molar-refractivity contribution in [3.8, 4) is 11.1 Å². The first-order valence-electron chi connectivity index (χ1n) is 4.94. The van der Waals surface area contributed by atoms with E-state index in [4.69, 9.17) is 28.8 Å². The summed E-state index contributed by atoms with van der Waals surface area (Å²) in [6.45, 7) is 1.79. The van der Waals surface area contributed by atoms with Crippen molar-refractivity contribution < 1.29 is 0 Å². The first-order chi connectivity index (χ1) is 7.99. The van der Waals surface area contributed by atoms with Gasteiger partial charge in [-0.25, -0.2) is 4.98 Å². The van der Waals surface area contributed by atoms with E-state index in [1.54, 1.807) is 25.1 Å². The molecule has 0 aliphatic carbocycles. The highest BCUT2D eigenvalue weighted by Crippen LogP contribution is 2.34. The van der Waals surface area contributed by atoms with Gasteiger partial charge >= 0.3 is 0 Å². The Bertz CT molecular complexity index is 559. The molecule has 0 spiro atoms. The van der Waals surface area contributed by atoms with Crippen LogP contribution in [-0.4, -0.2) is 9.97 Å². The van der Waals surface area contributed by atoms with Gasteiger partial charge in [-0.1, -0.05) is 11.6 Å². The average Bonchev–Trinajstić information content (AvgIpc) is 2.21. The minimum atomic E-state index is 0.142. The molecule has 5 nitrogen and oxygen atoms in total. The van der Waals surface area contributed by atoms with Crippen molar-refractivity contribution in [1.82, 2.24) is 9.97 Å². The van der Waals surface area contributed by atoms with Gasteiger partial charge in [0.1, 0.15) is 5.82 Å². The van der Waals surface area contributed by atoms with Crippen molar-refractivity contribution in [3.05, 3.63) is 28.9 Å². The molecule has 0 bridgehead atoms. The van der Waals surface area contributed by atoms with Crippen LogP contribution in [0.5, 0.6) is 0 Å². The number of aromatic nitrogens is 2. The van der Waals surface area contributed by atoms with Crippen LogP contribution in [0.1, 0.15) is 5.69 Å². The monoisotopic (exact) mass is 249 g/mol. The lowest BCUT2D eigenvalue weighted by Crippen LogP contribution is -2.04. The second-order valence-corrected chi connectivity index (χ2v) is 4.07. The van der Waals surface area contributed by atoms with Crippen LogP contribution >= 0.6 is 11.6 Å². The van der Waals surface area contributed by atoms with Gasteiger partial charge in [0.2, 0.25) is 5.95 Å². The SMILES string of the molecule is Cc1nc(N)nc(N)c1-c1cc(N)ccc1Cl. The van der Waals surface area contributed by atoms with Crippen LogP contribution in [0.2, 0.25) is 5.02 Å². The lowest BCUT2D eigenvalue weighted by molar-refractivity contribution is 1.13. The first-order valence-corrected chi connectivity index (χ1v) is 5.32. The molecule has 0 radical (unpaired) electrons.